The minimum absolute atomic E-state index is 0.00789. The van der Waals surface area contributed by atoms with Gasteiger partial charge in [-0.1, -0.05) is 23.7 Å². The Hall–Kier alpha value is -2.68. The van der Waals surface area contributed by atoms with Gasteiger partial charge in [0.15, 0.2) is 0 Å². The van der Waals surface area contributed by atoms with Gasteiger partial charge in [0.25, 0.3) is 0 Å². The smallest absolute Gasteiger partial charge is 0.243 e. The number of anilines is 1. The Kier molecular flexibility index (Phi) is 6.46. The largest absolute Gasteiger partial charge is 0.371 e. The number of piperidine rings is 1. The number of hydrogen-bond acceptors (Lipinski definition) is 5. The summed E-state index contributed by atoms with van der Waals surface area (Å²) in [7, 11) is -3.64. The fourth-order valence-corrected chi connectivity index (χ4v) is 6.49. The lowest BCUT2D eigenvalue weighted by atomic mass is 9.94. The summed E-state index contributed by atoms with van der Waals surface area (Å²) >= 11 is 6.08. The molecule has 0 saturated carbocycles. The number of aromatic nitrogens is 1. The first-order valence-electron chi connectivity index (χ1n) is 11.5. The molecular formula is C25H27ClN4O3S. The highest BCUT2D eigenvalue weighted by Gasteiger charge is 2.34. The quantitative estimate of drug-likeness (QED) is 0.549. The van der Waals surface area contributed by atoms with E-state index in [1.807, 2.05) is 23.1 Å². The standard InChI is InChI=1S/C25H27ClN4O3S/c26-22-3-1-19-2-4-24(18-21(19)17-22)34(32,33)30-15-13-29(14-16-30)25(31)20-7-11-28(12-8-20)23-5-9-27-10-6-23/h1-6,9-10,17-18,20H,7-8,11-16H2. The van der Waals surface area contributed by atoms with Crippen LogP contribution in [0.5, 0.6) is 0 Å². The van der Waals surface area contributed by atoms with E-state index in [9.17, 15) is 13.2 Å². The Morgan fingerprint density at radius 3 is 2.24 bits per heavy atom. The van der Waals surface area contributed by atoms with Gasteiger partial charge in [0, 0.05) is 68.3 Å². The van der Waals surface area contributed by atoms with Gasteiger partial charge in [-0.25, -0.2) is 8.42 Å². The molecule has 2 aromatic carbocycles. The molecular weight excluding hydrogens is 472 g/mol. The van der Waals surface area contributed by atoms with E-state index in [0.717, 1.165) is 42.4 Å². The molecule has 2 fully saturated rings. The van der Waals surface area contributed by atoms with Crippen LogP contribution in [0.15, 0.2) is 65.8 Å². The lowest BCUT2D eigenvalue weighted by Gasteiger charge is -2.38. The number of hydrogen-bond donors (Lipinski definition) is 0. The molecule has 3 heterocycles. The number of amides is 1. The van der Waals surface area contributed by atoms with Crippen molar-refractivity contribution in [1.29, 1.82) is 0 Å². The Labute approximate surface area is 205 Å². The van der Waals surface area contributed by atoms with E-state index >= 15 is 0 Å². The number of carbonyl (C=O) groups is 1. The maximum absolute atomic E-state index is 13.2. The van der Waals surface area contributed by atoms with Gasteiger partial charge < -0.3 is 9.80 Å². The Morgan fingerprint density at radius 1 is 0.853 bits per heavy atom. The molecule has 1 amide bonds. The molecule has 0 unspecified atom stereocenters. The molecule has 2 saturated heterocycles. The molecule has 0 aliphatic carbocycles. The minimum Gasteiger partial charge on any atom is -0.371 e. The first kappa shape index (κ1) is 23.1. The first-order chi connectivity index (χ1) is 16.4. The fourth-order valence-electron chi connectivity index (χ4n) is 4.85. The number of piperazine rings is 1. The molecule has 7 nitrogen and oxygen atoms in total. The van der Waals surface area contributed by atoms with Crippen LogP contribution in [0, 0.1) is 5.92 Å². The van der Waals surface area contributed by atoms with Crippen molar-refractivity contribution < 1.29 is 13.2 Å². The lowest BCUT2D eigenvalue weighted by Crippen LogP contribution is -2.52. The van der Waals surface area contributed by atoms with Crippen LogP contribution in [0.25, 0.3) is 10.8 Å². The Bertz CT molecular complexity index is 1290. The van der Waals surface area contributed by atoms with E-state index in [1.54, 1.807) is 42.7 Å². The summed E-state index contributed by atoms with van der Waals surface area (Å²) in [5.41, 5.74) is 1.13. The van der Waals surface area contributed by atoms with Crippen LogP contribution in [0.1, 0.15) is 12.8 Å². The fraction of sp³-hybridized carbons (Fsp3) is 0.360. The van der Waals surface area contributed by atoms with Crippen LogP contribution >= 0.6 is 11.6 Å². The topological polar surface area (TPSA) is 73.8 Å². The molecule has 0 N–H and O–H groups in total. The predicted octanol–water partition coefficient (Wildman–Crippen LogP) is 3.64. The highest BCUT2D eigenvalue weighted by atomic mass is 35.5. The highest BCUT2D eigenvalue weighted by Crippen LogP contribution is 2.27. The first-order valence-corrected chi connectivity index (χ1v) is 13.4. The number of fused-ring (bicyclic) bond motifs is 1. The number of sulfonamides is 1. The van der Waals surface area contributed by atoms with Gasteiger partial charge in [-0.05, 0) is 60.0 Å². The Morgan fingerprint density at radius 2 is 1.53 bits per heavy atom. The zero-order valence-corrected chi connectivity index (χ0v) is 20.4. The normalized spacial score (nSPS) is 18.4. The third kappa shape index (κ3) is 4.62. The number of nitrogens with zero attached hydrogens (tertiary/aromatic N) is 4. The average molecular weight is 499 g/mol. The molecule has 9 heteroatoms. The van der Waals surface area contributed by atoms with E-state index in [-0.39, 0.29) is 16.7 Å². The predicted molar refractivity (Wildman–Crippen MR) is 133 cm³/mol. The molecule has 34 heavy (non-hydrogen) atoms. The highest BCUT2D eigenvalue weighted by molar-refractivity contribution is 7.89. The van der Waals surface area contributed by atoms with Gasteiger partial charge in [0.05, 0.1) is 4.90 Å². The van der Waals surface area contributed by atoms with E-state index < -0.39 is 10.0 Å². The second kappa shape index (κ2) is 9.52. The van der Waals surface area contributed by atoms with Crippen LogP contribution in [0.4, 0.5) is 5.69 Å². The Balaban J connectivity index is 1.19. The summed E-state index contributed by atoms with van der Waals surface area (Å²) in [6, 6.07) is 14.5. The number of benzene rings is 2. The van der Waals surface area contributed by atoms with Crippen molar-refractivity contribution in [1.82, 2.24) is 14.2 Å². The van der Waals surface area contributed by atoms with Crippen molar-refractivity contribution in [2.24, 2.45) is 5.92 Å². The number of rotatable bonds is 4. The summed E-state index contributed by atoms with van der Waals surface area (Å²) in [6.45, 7) is 3.11. The second-order valence-electron chi connectivity index (χ2n) is 8.85. The van der Waals surface area contributed by atoms with E-state index in [1.165, 1.54) is 4.31 Å². The average Bonchev–Trinajstić information content (AvgIpc) is 2.88. The molecule has 3 aromatic rings. The number of carbonyl (C=O) groups excluding carboxylic acids is 1. The van der Waals surface area contributed by atoms with Crippen molar-refractivity contribution in [3.8, 4) is 0 Å². The van der Waals surface area contributed by atoms with Crippen LogP contribution in [0.3, 0.4) is 0 Å². The van der Waals surface area contributed by atoms with Crippen molar-refractivity contribution in [3.05, 3.63) is 65.9 Å². The maximum atomic E-state index is 13.2. The third-order valence-corrected chi connectivity index (χ3v) is 8.96. The minimum atomic E-state index is -3.64. The van der Waals surface area contributed by atoms with Gasteiger partial charge >= 0.3 is 0 Å². The van der Waals surface area contributed by atoms with Crippen molar-refractivity contribution >= 4 is 44.0 Å². The summed E-state index contributed by atoms with van der Waals surface area (Å²) < 4.78 is 28.0. The van der Waals surface area contributed by atoms with Crippen molar-refractivity contribution in [3.63, 3.8) is 0 Å². The maximum Gasteiger partial charge on any atom is 0.243 e. The summed E-state index contributed by atoms with van der Waals surface area (Å²) in [6.07, 6.45) is 5.18. The van der Waals surface area contributed by atoms with Crippen LogP contribution in [-0.2, 0) is 14.8 Å². The molecule has 0 atom stereocenters. The molecule has 0 radical (unpaired) electrons. The van der Waals surface area contributed by atoms with Crippen LogP contribution in [-0.4, -0.2) is 67.8 Å². The third-order valence-electron chi connectivity index (χ3n) is 6.83. The molecule has 1 aromatic heterocycles. The molecule has 178 valence electrons. The summed E-state index contributed by atoms with van der Waals surface area (Å²) in [4.78, 5) is 21.6. The number of halogens is 1. The van der Waals surface area contributed by atoms with E-state index in [0.29, 0.717) is 31.2 Å². The van der Waals surface area contributed by atoms with E-state index in [4.69, 9.17) is 11.6 Å². The van der Waals surface area contributed by atoms with Gasteiger partial charge in [0.1, 0.15) is 0 Å². The van der Waals surface area contributed by atoms with Crippen LogP contribution < -0.4 is 4.90 Å². The van der Waals surface area contributed by atoms with Gasteiger partial charge in [-0.2, -0.15) is 4.31 Å². The van der Waals surface area contributed by atoms with E-state index in [2.05, 4.69) is 9.88 Å². The van der Waals surface area contributed by atoms with Gasteiger partial charge in [-0.3, -0.25) is 9.78 Å². The van der Waals surface area contributed by atoms with Crippen molar-refractivity contribution in [2.75, 3.05) is 44.2 Å². The van der Waals surface area contributed by atoms with Crippen LogP contribution in [0.2, 0.25) is 5.02 Å². The monoisotopic (exact) mass is 498 g/mol. The lowest BCUT2D eigenvalue weighted by molar-refractivity contribution is -0.137. The molecule has 0 spiro atoms. The zero-order chi connectivity index (χ0) is 23.7. The molecule has 5 rings (SSSR count). The zero-order valence-electron chi connectivity index (χ0n) is 18.8. The molecule has 2 aliphatic heterocycles. The van der Waals surface area contributed by atoms with Gasteiger partial charge in [-0.15, -0.1) is 0 Å². The molecule has 0 bridgehead atoms. The van der Waals surface area contributed by atoms with Crippen molar-refractivity contribution in [2.45, 2.75) is 17.7 Å². The number of pyridine rings is 1. The SMILES string of the molecule is O=C(C1CCN(c2ccncc2)CC1)N1CCN(S(=O)(=O)c2ccc3ccc(Cl)cc3c2)CC1. The van der Waals surface area contributed by atoms with Gasteiger partial charge in [0.2, 0.25) is 15.9 Å². The molecule has 2 aliphatic rings. The second-order valence-corrected chi connectivity index (χ2v) is 11.2. The summed E-state index contributed by atoms with van der Waals surface area (Å²) in [5, 5.41) is 2.30. The summed E-state index contributed by atoms with van der Waals surface area (Å²) in [5.74, 6) is 0.137.